The summed E-state index contributed by atoms with van der Waals surface area (Å²) in [6, 6.07) is 5.84. The first-order chi connectivity index (χ1) is 10.2. The summed E-state index contributed by atoms with van der Waals surface area (Å²) in [5, 5.41) is 3.04. The second-order valence-corrected chi connectivity index (χ2v) is 5.49. The first-order valence-electron chi connectivity index (χ1n) is 7.54. The first kappa shape index (κ1) is 14.1. The molecule has 0 aliphatic carbocycles. The molecule has 1 aromatic heterocycles. The number of aryl methyl sites for hydroxylation is 2. The van der Waals surface area contributed by atoms with Gasteiger partial charge in [0.25, 0.3) is 5.91 Å². The van der Waals surface area contributed by atoms with Gasteiger partial charge in [-0.15, -0.1) is 0 Å². The molecule has 0 bridgehead atoms. The molecule has 1 aliphatic heterocycles. The number of benzene rings is 1. The van der Waals surface area contributed by atoms with Crippen molar-refractivity contribution in [2.75, 3.05) is 13.2 Å². The van der Waals surface area contributed by atoms with Crippen molar-refractivity contribution in [3.8, 4) is 0 Å². The van der Waals surface area contributed by atoms with Crippen molar-refractivity contribution in [3.63, 3.8) is 0 Å². The average molecular weight is 287 g/mol. The Bertz CT molecular complexity index is 657. The predicted octanol–water partition coefficient (Wildman–Crippen LogP) is 2.27. The number of ether oxygens (including phenoxy) is 1. The van der Waals surface area contributed by atoms with Gasteiger partial charge >= 0.3 is 0 Å². The molecule has 5 heteroatoms. The van der Waals surface area contributed by atoms with Crippen LogP contribution in [0.3, 0.4) is 0 Å². The highest BCUT2D eigenvalue weighted by Crippen LogP contribution is 2.18. The van der Waals surface area contributed by atoms with E-state index >= 15 is 0 Å². The predicted molar refractivity (Wildman–Crippen MR) is 81.5 cm³/mol. The Morgan fingerprint density at radius 2 is 2.38 bits per heavy atom. The number of nitrogens with zero attached hydrogens (tertiary/aromatic N) is 2. The van der Waals surface area contributed by atoms with E-state index in [0.29, 0.717) is 12.2 Å². The summed E-state index contributed by atoms with van der Waals surface area (Å²) in [6.07, 6.45) is 1.99. The van der Waals surface area contributed by atoms with Gasteiger partial charge in [-0.3, -0.25) is 4.79 Å². The number of aromatic nitrogens is 2. The summed E-state index contributed by atoms with van der Waals surface area (Å²) in [6.45, 7) is 6.37. The minimum Gasteiger partial charge on any atom is -0.379 e. The Hall–Kier alpha value is -1.88. The van der Waals surface area contributed by atoms with Crippen LogP contribution in [0.15, 0.2) is 18.2 Å². The molecule has 1 aromatic carbocycles. The number of hydrogen-bond acceptors (Lipinski definition) is 3. The average Bonchev–Trinajstić information content (AvgIpc) is 2.82. The van der Waals surface area contributed by atoms with Crippen molar-refractivity contribution in [2.45, 2.75) is 39.3 Å². The fourth-order valence-electron chi connectivity index (χ4n) is 2.91. The van der Waals surface area contributed by atoms with E-state index in [9.17, 15) is 4.79 Å². The zero-order valence-electron chi connectivity index (χ0n) is 12.6. The third-order valence-electron chi connectivity index (χ3n) is 4.01. The van der Waals surface area contributed by atoms with E-state index in [-0.39, 0.29) is 11.9 Å². The number of hydrogen-bond donors (Lipinski definition) is 1. The maximum atomic E-state index is 12.3. The van der Waals surface area contributed by atoms with Gasteiger partial charge < -0.3 is 14.6 Å². The highest BCUT2D eigenvalue weighted by atomic mass is 16.5. The lowest BCUT2D eigenvalue weighted by Gasteiger charge is -2.23. The van der Waals surface area contributed by atoms with Crippen LogP contribution >= 0.6 is 0 Å². The summed E-state index contributed by atoms with van der Waals surface area (Å²) in [4.78, 5) is 16.8. The third kappa shape index (κ3) is 2.78. The molecule has 3 rings (SSSR count). The molecule has 1 saturated heterocycles. The Morgan fingerprint density at radius 3 is 3.10 bits per heavy atom. The van der Waals surface area contributed by atoms with E-state index in [0.717, 1.165) is 42.9 Å². The summed E-state index contributed by atoms with van der Waals surface area (Å²) in [5.41, 5.74) is 2.61. The number of amides is 1. The third-order valence-corrected chi connectivity index (χ3v) is 4.01. The molecule has 112 valence electrons. The Morgan fingerprint density at radius 1 is 1.52 bits per heavy atom. The number of carbonyl (C=O) groups excluding carboxylic acids is 1. The fraction of sp³-hybridized carbons (Fsp3) is 0.500. The van der Waals surface area contributed by atoms with Gasteiger partial charge in [0.2, 0.25) is 0 Å². The largest absolute Gasteiger partial charge is 0.379 e. The molecule has 1 aliphatic rings. The van der Waals surface area contributed by atoms with Crippen LogP contribution in [0.4, 0.5) is 0 Å². The van der Waals surface area contributed by atoms with Crippen LogP contribution in [0.25, 0.3) is 11.0 Å². The van der Waals surface area contributed by atoms with Gasteiger partial charge in [0.05, 0.1) is 23.7 Å². The van der Waals surface area contributed by atoms with Crippen LogP contribution in [0, 0.1) is 6.92 Å². The molecule has 1 fully saturated rings. The van der Waals surface area contributed by atoms with Gasteiger partial charge in [-0.05, 0) is 44.9 Å². The van der Waals surface area contributed by atoms with Gasteiger partial charge in [-0.1, -0.05) is 0 Å². The lowest BCUT2D eigenvalue weighted by Crippen LogP contribution is -2.40. The van der Waals surface area contributed by atoms with Gasteiger partial charge in [0.1, 0.15) is 5.82 Å². The van der Waals surface area contributed by atoms with E-state index < -0.39 is 0 Å². The molecule has 1 unspecified atom stereocenters. The molecule has 1 amide bonds. The lowest BCUT2D eigenvalue weighted by molar-refractivity contribution is 0.0624. The minimum absolute atomic E-state index is 0.0453. The topological polar surface area (TPSA) is 56.2 Å². The number of carbonyl (C=O) groups is 1. The van der Waals surface area contributed by atoms with Gasteiger partial charge in [0, 0.05) is 18.7 Å². The number of rotatable bonds is 3. The molecule has 5 nitrogen and oxygen atoms in total. The minimum atomic E-state index is -0.0453. The highest BCUT2D eigenvalue weighted by Gasteiger charge is 2.18. The monoisotopic (exact) mass is 287 g/mol. The van der Waals surface area contributed by atoms with Crippen molar-refractivity contribution in [3.05, 3.63) is 29.6 Å². The van der Waals surface area contributed by atoms with Crippen molar-refractivity contribution >= 4 is 16.9 Å². The van der Waals surface area contributed by atoms with Crippen LogP contribution in [-0.2, 0) is 11.3 Å². The van der Waals surface area contributed by atoms with E-state index in [1.807, 2.05) is 25.1 Å². The fourth-order valence-corrected chi connectivity index (χ4v) is 2.91. The Balaban J connectivity index is 1.81. The molecule has 2 aromatic rings. The second kappa shape index (κ2) is 5.85. The van der Waals surface area contributed by atoms with Gasteiger partial charge in [0.15, 0.2) is 0 Å². The van der Waals surface area contributed by atoms with E-state index in [1.54, 1.807) is 0 Å². The Kier molecular flexibility index (Phi) is 3.92. The van der Waals surface area contributed by atoms with Crippen molar-refractivity contribution in [2.24, 2.45) is 0 Å². The zero-order valence-corrected chi connectivity index (χ0v) is 12.6. The number of nitrogens with one attached hydrogen (secondary N) is 1. The summed E-state index contributed by atoms with van der Waals surface area (Å²) in [5.74, 6) is 0.932. The van der Waals surface area contributed by atoms with Crippen molar-refractivity contribution in [1.82, 2.24) is 14.9 Å². The summed E-state index contributed by atoms with van der Waals surface area (Å²) < 4.78 is 7.54. The maximum absolute atomic E-state index is 12.3. The molecule has 21 heavy (non-hydrogen) atoms. The molecular weight excluding hydrogens is 266 g/mol. The SMILES string of the molecule is CCn1c(C)nc2cc(C(=O)NC3CCCOC3)ccc21. The van der Waals surface area contributed by atoms with Crippen LogP contribution in [-0.4, -0.2) is 34.7 Å². The molecule has 0 radical (unpaired) electrons. The first-order valence-corrected chi connectivity index (χ1v) is 7.54. The molecular formula is C16H21N3O2. The maximum Gasteiger partial charge on any atom is 0.251 e. The standard InChI is InChI=1S/C16H21N3O2/c1-3-19-11(2)17-14-9-12(6-7-15(14)19)16(20)18-13-5-4-8-21-10-13/h6-7,9,13H,3-5,8,10H2,1-2H3,(H,18,20). The molecule has 0 spiro atoms. The van der Waals surface area contributed by atoms with Gasteiger partial charge in [-0.25, -0.2) is 4.98 Å². The quantitative estimate of drug-likeness (QED) is 0.942. The molecule has 1 N–H and O–H groups in total. The number of fused-ring (bicyclic) bond motifs is 1. The van der Waals surface area contributed by atoms with E-state index in [2.05, 4.69) is 21.8 Å². The highest BCUT2D eigenvalue weighted by molar-refractivity contribution is 5.97. The van der Waals surface area contributed by atoms with Crippen LogP contribution < -0.4 is 5.32 Å². The summed E-state index contributed by atoms with van der Waals surface area (Å²) in [7, 11) is 0. The van der Waals surface area contributed by atoms with Crippen LogP contribution in [0.1, 0.15) is 35.9 Å². The molecule has 1 atom stereocenters. The smallest absolute Gasteiger partial charge is 0.251 e. The lowest BCUT2D eigenvalue weighted by atomic mass is 10.1. The zero-order chi connectivity index (χ0) is 14.8. The van der Waals surface area contributed by atoms with Crippen molar-refractivity contribution in [1.29, 1.82) is 0 Å². The normalized spacial score (nSPS) is 18.9. The van der Waals surface area contributed by atoms with Crippen molar-refractivity contribution < 1.29 is 9.53 Å². The van der Waals surface area contributed by atoms with E-state index in [1.165, 1.54) is 0 Å². The molecule has 2 heterocycles. The van der Waals surface area contributed by atoms with E-state index in [4.69, 9.17) is 4.74 Å². The molecule has 0 saturated carbocycles. The summed E-state index contributed by atoms with van der Waals surface area (Å²) >= 11 is 0. The number of imidazole rings is 1. The Labute approximate surface area is 124 Å². The van der Waals surface area contributed by atoms with Crippen LogP contribution in [0.5, 0.6) is 0 Å². The van der Waals surface area contributed by atoms with Crippen LogP contribution in [0.2, 0.25) is 0 Å². The second-order valence-electron chi connectivity index (χ2n) is 5.49. The van der Waals surface area contributed by atoms with Gasteiger partial charge in [-0.2, -0.15) is 0 Å².